The summed E-state index contributed by atoms with van der Waals surface area (Å²) in [4.78, 5) is 3.49. The quantitative estimate of drug-likeness (QED) is 0.551. The third kappa shape index (κ3) is 0.838. The molecule has 2 N–H and O–H groups in total. The molecular weight excluding hydrogens is 115 g/mol. The van der Waals surface area contributed by atoms with Gasteiger partial charge in [-0.3, -0.25) is 0 Å². The van der Waals surface area contributed by atoms with Crippen LogP contribution in [0.4, 0.5) is 5.82 Å². The number of nitrogens with two attached hydrogens (primary N) is 1. The van der Waals surface area contributed by atoms with Crippen LogP contribution in [0.15, 0.2) is 10.7 Å². The molecule has 0 unspecified atom stereocenters. The Labute approximate surface area is 45.1 Å². The average Bonchev–Trinajstić information content (AvgIpc) is 1.87. The molecule has 1 aromatic heterocycles. The molecule has 0 aliphatic carbocycles. The lowest BCUT2D eigenvalue weighted by Crippen LogP contribution is -1.80. The first-order chi connectivity index (χ1) is 3.29. The van der Waals surface area contributed by atoms with E-state index >= 15 is 0 Å². The highest BCUT2D eigenvalue weighted by Crippen LogP contribution is 2.06. The second kappa shape index (κ2) is 1.42. The lowest BCUT2D eigenvalue weighted by molar-refractivity contribution is 0.560. The molecule has 0 spiro atoms. The van der Waals surface area contributed by atoms with Gasteiger partial charge in [-0.25, -0.2) is 0 Å². The highest BCUT2D eigenvalue weighted by Gasteiger charge is 1.91. The maximum absolute atomic E-state index is 5.20. The third-order valence-electron chi connectivity index (χ3n) is 0.494. The van der Waals surface area contributed by atoms with E-state index in [1.165, 1.54) is 6.26 Å². The highest BCUT2D eigenvalue weighted by molar-refractivity contribution is 6.27. The summed E-state index contributed by atoms with van der Waals surface area (Å²) >= 11 is 5.20. The van der Waals surface area contributed by atoms with Crippen LogP contribution in [0.1, 0.15) is 0 Å². The molecule has 0 atom stereocenters. The molecule has 0 saturated heterocycles. The third-order valence-corrected chi connectivity index (χ3v) is 0.668. The molecule has 4 heteroatoms. The minimum Gasteiger partial charge on any atom is -0.434 e. The molecule has 1 aromatic rings. The maximum Gasteiger partial charge on any atom is 0.294 e. The Morgan fingerprint density at radius 1 is 1.86 bits per heavy atom. The normalized spacial score (nSPS) is 9.29. The highest BCUT2D eigenvalue weighted by atomic mass is 35.5. The monoisotopic (exact) mass is 118 g/mol. The molecule has 0 radical (unpaired) electrons. The number of aromatic nitrogens is 1. The number of hydrogen-bond acceptors (Lipinski definition) is 3. The first-order valence-electron chi connectivity index (χ1n) is 1.65. The van der Waals surface area contributed by atoms with Gasteiger partial charge in [0.15, 0.2) is 5.82 Å². The van der Waals surface area contributed by atoms with Crippen LogP contribution in [-0.2, 0) is 0 Å². The minimum absolute atomic E-state index is 0.0810. The molecule has 0 aromatic carbocycles. The Hall–Kier alpha value is -0.700. The molecule has 1 rings (SSSR count). The lowest BCUT2D eigenvalue weighted by Gasteiger charge is -1.67. The molecule has 7 heavy (non-hydrogen) atoms. The number of halogens is 1. The standard InChI is InChI=1S/C3H3ClN2O/c4-3-6-2(5)1-7-3/h1H,5H2. The van der Waals surface area contributed by atoms with Crippen LogP contribution in [-0.4, -0.2) is 4.98 Å². The van der Waals surface area contributed by atoms with E-state index in [1.54, 1.807) is 0 Å². The zero-order chi connectivity index (χ0) is 5.28. The van der Waals surface area contributed by atoms with Crippen molar-refractivity contribution in [1.29, 1.82) is 0 Å². The van der Waals surface area contributed by atoms with Gasteiger partial charge in [0.05, 0.1) is 0 Å². The predicted octanol–water partition coefficient (Wildman–Crippen LogP) is 0.910. The summed E-state index contributed by atoms with van der Waals surface area (Å²) in [5.74, 6) is 0.310. The van der Waals surface area contributed by atoms with Gasteiger partial charge in [-0.1, -0.05) is 0 Å². The second-order valence-corrected chi connectivity index (χ2v) is 1.35. The molecule has 0 saturated carbocycles. The zero-order valence-electron chi connectivity index (χ0n) is 3.39. The molecule has 38 valence electrons. The number of oxazole rings is 1. The van der Waals surface area contributed by atoms with Crippen LogP contribution in [0.3, 0.4) is 0 Å². The molecule has 0 fully saturated rings. The van der Waals surface area contributed by atoms with Crippen molar-refractivity contribution in [1.82, 2.24) is 4.98 Å². The van der Waals surface area contributed by atoms with E-state index in [9.17, 15) is 0 Å². The summed E-state index contributed by atoms with van der Waals surface area (Å²) in [5, 5.41) is 0.0810. The molecule has 0 aliphatic heterocycles. The van der Waals surface area contributed by atoms with Crippen molar-refractivity contribution in [3.05, 3.63) is 11.6 Å². The summed E-state index contributed by atoms with van der Waals surface area (Å²) < 4.78 is 4.49. The van der Waals surface area contributed by atoms with Gasteiger partial charge in [0.1, 0.15) is 6.26 Å². The molecule has 0 aliphatic rings. The Morgan fingerprint density at radius 3 is 2.71 bits per heavy atom. The van der Waals surface area contributed by atoms with Crippen molar-refractivity contribution in [2.75, 3.05) is 5.73 Å². The number of nitrogen functional groups attached to an aromatic ring is 1. The van der Waals surface area contributed by atoms with Gasteiger partial charge in [0.2, 0.25) is 0 Å². The van der Waals surface area contributed by atoms with Crippen molar-refractivity contribution in [3.63, 3.8) is 0 Å². The SMILES string of the molecule is Nc1coc(Cl)n1. The Kier molecular flexibility index (Phi) is 0.906. The molecular formula is C3H3ClN2O. The van der Waals surface area contributed by atoms with Crippen molar-refractivity contribution in [2.45, 2.75) is 0 Å². The average molecular weight is 119 g/mol. The van der Waals surface area contributed by atoms with Gasteiger partial charge in [-0.05, 0) is 11.6 Å². The zero-order valence-corrected chi connectivity index (χ0v) is 4.14. The van der Waals surface area contributed by atoms with Crippen LogP contribution < -0.4 is 5.73 Å². The first kappa shape index (κ1) is 4.46. The van der Waals surface area contributed by atoms with Gasteiger partial charge in [0.25, 0.3) is 5.35 Å². The van der Waals surface area contributed by atoms with Crippen LogP contribution in [0.5, 0.6) is 0 Å². The van der Waals surface area contributed by atoms with Gasteiger partial charge in [-0.2, -0.15) is 4.98 Å². The molecule has 0 amide bonds. The van der Waals surface area contributed by atoms with Crippen LogP contribution in [0, 0.1) is 0 Å². The van der Waals surface area contributed by atoms with Crippen LogP contribution in [0.2, 0.25) is 5.35 Å². The van der Waals surface area contributed by atoms with E-state index in [2.05, 4.69) is 9.40 Å². The van der Waals surface area contributed by atoms with Crippen LogP contribution >= 0.6 is 11.6 Å². The fourth-order valence-corrected chi connectivity index (χ4v) is 0.405. The van der Waals surface area contributed by atoms with Crippen molar-refractivity contribution in [3.8, 4) is 0 Å². The van der Waals surface area contributed by atoms with E-state index in [0.717, 1.165) is 0 Å². The van der Waals surface area contributed by atoms with E-state index in [1.807, 2.05) is 0 Å². The summed E-state index contributed by atoms with van der Waals surface area (Å²) in [6.45, 7) is 0. The second-order valence-electron chi connectivity index (χ2n) is 1.03. The fourth-order valence-electron chi connectivity index (χ4n) is 0.263. The summed E-state index contributed by atoms with van der Waals surface area (Å²) in [5.41, 5.74) is 5.09. The van der Waals surface area contributed by atoms with Crippen molar-refractivity contribution >= 4 is 17.4 Å². The van der Waals surface area contributed by atoms with Crippen molar-refractivity contribution in [2.24, 2.45) is 0 Å². The van der Waals surface area contributed by atoms with Gasteiger partial charge < -0.3 is 10.2 Å². The topological polar surface area (TPSA) is 52.0 Å². The minimum atomic E-state index is 0.0810. The summed E-state index contributed by atoms with van der Waals surface area (Å²) in [6, 6.07) is 0. The number of anilines is 1. The first-order valence-corrected chi connectivity index (χ1v) is 2.03. The molecule has 3 nitrogen and oxygen atoms in total. The van der Waals surface area contributed by atoms with E-state index in [4.69, 9.17) is 17.3 Å². The molecule has 1 heterocycles. The van der Waals surface area contributed by atoms with Crippen LogP contribution in [0.25, 0.3) is 0 Å². The lowest BCUT2D eigenvalue weighted by atomic mass is 10.8. The smallest absolute Gasteiger partial charge is 0.294 e. The predicted molar refractivity (Wildman–Crippen MR) is 25.9 cm³/mol. The van der Waals surface area contributed by atoms with E-state index in [0.29, 0.717) is 5.82 Å². The summed E-state index contributed by atoms with van der Waals surface area (Å²) in [6.07, 6.45) is 1.28. The summed E-state index contributed by atoms with van der Waals surface area (Å²) in [7, 11) is 0. The fraction of sp³-hybridized carbons (Fsp3) is 0. The van der Waals surface area contributed by atoms with Gasteiger partial charge >= 0.3 is 0 Å². The Balaban J connectivity index is 3.04. The van der Waals surface area contributed by atoms with E-state index in [-0.39, 0.29) is 5.35 Å². The maximum atomic E-state index is 5.20. The van der Waals surface area contributed by atoms with Gasteiger partial charge in [-0.15, -0.1) is 0 Å². The van der Waals surface area contributed by atoms with Gasteiger partial charge in [0, 0.05) is 0 Å². The largest absolute Gasteiger partial charge is 0.434 e. The van der Waals surface area contributed by atoms with Crippen molar-refractivity contribution < 1.29 is 4.42 Å². The number of nitrogens with zero attached hydrogens (tertiary/aromatic N) is 1. The Morgan fingerprint density at radius 2 is 2.57 bits per heavy atom. The molecule has 0 bridgehead atoms. The number of hydrogen-bond donors (Lipinski definition) is 1. The van der Waals surface area contributed by atoms with E-state index < -0.39 is 0 Å². The number of rotatable bonds is 0. The Bertz CT molecular complexity index is 145.